The largest absolute Gasteiger partial charge is 0.495 e. The van der Waals surface area contributed by atoms with Gasteiger partial charge in [0, 0.05) is 24.2 Å². The lowest BCUT2D eigenvalue weighted by Gasteiger charge is -2.10. The number of nitrogens with zero attached hydrogens (tertiary/aromatic N) is 4. The number of methoxy groups -OCH3 is 1. The topological polar surface area (TPSA) is 69.4 Å². The Bertz CT molecular complexity index is 622. The summed E-state index contributed by atoms with van der Waals surface area (Å²) in [5, 5.41) is 15.5. The Balaban J connectivity index is 1.74. The summed E-state index contributed by atoms with van der Waals surface area (Å²) < 4.78 is 7.01. The highest BCUT2D eigenvalue weighted by atomic mass is 35.5. The van der Waals surface area contributed by atoms with Crippen LogP contribution in [0.15, 0.2) is 17.3 Å². The van der Waals surface area contributed by atoms with Crippen LogP contribution in [0.25, 0.3) is 0 Å². The van der Waals surface area contributed by atoms with Gasteiger partial charge in [-0.15, -0.1) is 5.10 Å². The molecule has 0 bridgehead atoms. The van der Waals surface area contributed by atoms with E-state index in [1.807, 2.05) is 13.1 Å². The highest BCUT2D eigenvalue weighted by Gasteiger charge is 2.11. The zero-order chi connectivity index (χ0) is 15.9. The Labute approximate surface area is 143 Å². The molecule has 1 heterocycles. The number of thioether (sulfide) groups is 1. The number of hydrogen-bond donors (Lipinski definition) is 1. The predicted octanol–water partition coefficient (Wildman–Crippen LogP) is 1.77. The molecule has 0 amide bonds. The Kier molecular flexibility index (Phi) is 6.75. The van der Waals surface area contributed by atoms with E-state index in [0.717, 1.165) is 36.0 Å². The van der Waals surface area contributed by atoms with E-state index in [0.29, 0.717) is 15.8 Å². The molecule has 0 unspecified atom stereocenters. The van der Waals surface area contributed by atoms with Crippen LogP contribution < -0.4 is 10.1 Å². The van der Waals surface area contributed by atoms with Crippen molar-refractivity contribution in [1.82, 2.24) is 20.2 Å². The second-order valence-electron chi connectivity index (χ2n) is 4.65. The summed E-state index contributed by atoms with van der Waals surface area (Å²) in [4.78, 5) is 0. The van der Waals surface area contributed by atoms with E-state index in [1.54, 1.807) is 29.6 Å². The number of ether oxygens (including phenoxy) is 1. The molecule has 22 heavy (non-hydrogen) atoms. The van der Waals surface area contributed by atoms with Crippen LogP contribution in [0.5, 0.6) is 5.75 Å². The van der Waals surface area contributed by atoms with E-state index in [-0.39, 0.29) is 0 Å². The molecule has 6 nitrogen and oxygen atoms in total. The van der Waals surface area contributed by atoms with Crippen LogP contribution in [0.3, 0.4) is 0 Å². The minimum Gasteiger partial charge on any atom is -0.495 e. The Morgan fingerprint density at radius 3 is 2.86 bits per heavy atom. The number of tetrazole rings is 1. The third-order valence-corrected chi connectivity index (χ3v) is 4.61. The van der Waals surface area contributed by atoms with Crippen molar-refractivity contribution in [2.45, 2.75) is 18.1 Å². The summed E-state index contributed by atoms with van der Waals surface area (Å²) in [7, 11) is 3.45. The van der Waals surface area contributed by atoms with Gasteiger partial charge in [-0.1, -0.05) is 35.0 Å². The van der Waals surface area contributed by atoms with Gasteiger partial charge in [0.25, 0.3) is 0 Å². The van der Waals surface area contributed by atoms with Crippen molar-refractivity contribution in [2.75, 3.05) is 19.4 Å². The molecule has 120 valence electrons. The molecule has 0 atom stereocenters. The number of benzene rings is 1. The van der Waals surface area contributed by atoms with Crippen LogP contribution >= 0.6 is 35.0 Å². The molecular formula is C13H18Cl2N5OS+. The first-order valence-electron chi connectivity index (χ1n) is 6.80. The first-order valence-corrected chi connectivity index (χ1v) is 8.54. The highest BCUT2D eigenvalue weighted by Crippen LogP contribution is 2.31. The molecule has 2 rings (SSSR count). The van der Waals surface area contributed by atoms with Crippen molar-refractivity contribution in [3.8, 4) is 5.75 Å². The number of aryl methyl sites for hydroxylation is 1. The van der Waals surface area contributed by atoms with Gasteiger partial charge in [0.15, 0.2) is 0 Å². The van der Waals surface area contributed by atoms with Crippen LogP contribution in [-0.2, 0) is 13.6 Å². The number of aromatic nitrogens is 4. The SMILES string of the molecule is COc1c(Cl)cc(Cl)cc1C[NH2+]CCCSc1nnnn1C. The van der Waals surface area contributed by atoms with Crippen LogP contribution in [0.2, 0.25) is 10.0 Å². The standard InChI is InChI=1S/C13H17Cl2N5OS/c1-20-13(17-18-19-20)22-5-3-4-16-8-9-6-10(14)7-11(15)12(9)21-2/h6-7,16H,3-5,8H2,1-2H3/p+1. The summed E-state index contributed by atoms with van der Waals surface area (Å²) >= 11 is 13.8. The summed E-state index contributed by atoms with van der Waals surface area (Å²) in [6.07, 6.45) is 1.05. The van der Waals surface area contributed by atoms with Crippen molar-refractivity contribution >= 4 is 35.0 Å². The van der Waals surface area contributed by atoms with Crippen molar-refractivity contribution < 1.29 is 10.1 Å². The van der Waals surface area contributed by atoms with Crippen molar-refractivity contribution in [3.05, 3.63) is 27.7 Å². The highest BCUT2D eigenvalue weighted by molar-refractivity contribution is 7.99. The summed E-state index contributed by atoms with van der Waals surface area (Å²) in [5.41, 5.74) is 1.00. The minimum atomic E-state index is 0.545. The zero-order valence-electron chi connectivity index (χ0n) is 12.4. The van der Waals surface area contributed by atoms with Gasteiger partial charge in [0.2, 0.25) is 5.16 Å². The molecule has 0 spiro atoms. The van der Waals surface area contributed by atoms with Crippen LogP contribution in [0.1, 0.15) is 12.0 Å². The molecule has 0 fully saturated rings. The average Bonchev–Trinajstić information content (AvgIpc) is 2.87. The molecule has 1 aromatic carbocycles. The third-order valence-electron chi connectivity index (χ3n) is 3.02. The second kappa shape index (κ2) is 8.57. The van der Waals surface area contributed by atoms with Gasteiger partial charge in [-0.2, -0.15) is 0 Å². The third kappa shape index (κ3) is 4.74. The zero-order valence-corrected chi connectivity index (χ0v) is 14.8. The molecule has 0 aliphatic heterocycles. The molecule has 9 heteroatoms. The van der Waals surface area contributed by atoms with Crippen molar-refractivity contribution in [2.24, 2.45) is 7.05 Å². The number of rotatable bonds is 8. The molecule has 0 saturated carbocycles. The summed E-state index contributed by atoms with van der Waals surface area (Å²) in [6.45, 7) is 1.77. The molecule has 0 radical (unpaired) electrons. The van der Waals surface area contributed by atoms with Gasteiger partial charge in [-0.25, -0.2) is 4.68 Å². The molecule has 1 aromatic heterocycles. The van der Waals surface area contributed by atoms with E-state index in [4.69, 9.17) is 27.9 Å². The summed E-state index contributed by atoms with van der Waals surface area (Å²) in [5.74, 6) is 1.67. The Hall–Kier alpha value is -1.02. The van der Waals surface area contributed by atoms with E-state index in [9.17, 15) is 0 Å². The van der Waals surface area contributed by atoms with Gasteiger partial charge < -0.3 is 10.1 Å². The number of quaternary nitrogens is 1. The minimum absolute atomic E-state index is 0.545. The predicted molar refractivity (Wildman–Crippen MR) is 87.6 cm³/mol. The van der Waals surface area contributed by atoms with Crippen LogP contribution in [0.4, 0.5) is 0 Å². The maximum Gasteiger partial charge on any atom is 0.209 e. The molecule has 2 aromatic rings. The van der Waals surface area contributed by atoms with E-state index < -0.39 is 0 Å². The van der Waals surface area contributed by atoms with Gasteiger partial charge >= 0.3 is 0 Å². The number of nitrogens with two attached hydrogens (primary N) is 1. The van der Waals surface area contributed by atoms with Gasteiger partial charge in [-0.3, -0.25) is 0 Å². The fourth-order valence-electron chi connectivity index (χ4n) is 1.99. The molecular weight excluding hydrogens is 345 g/mol. The van der Waals surface area contributed by atoms with Gasteiger partial charge in [0.05, 0.1) is 24.2 Å². The Morgan fingerprint density at radius 1 is 1.36 bits per heavy atom. The van der Waals surface area contributed by atoms with Crippen LogP contribution in [-0.4, -0.2) is 39.6 Å². The first kappa shape index (κ1) is 17.3. The smallest absolute Gasteiger partial charge is 0.209 e. The lowest BCUT2D eigenvalue weighted by molar-refractivity contribution is -0.670. The maximum atomic E-state index is 6.12. The first-order chi connectivity index (χ1) is 10.6. The number of halogens is 2. The fraction of sp³-hybridized carbons (Fsp3) is 0.462. The van der Waals surface area contributed by atoms with Crippen molar-refractivity contribution in [1.29, 1.82) is 0 Å². The van der Waals surface area contributed by atoms with Gasteiger partial charge in [-0.05, 0) is 22.6 Å². The van der Waals surface area contributed by atoms with Crippen LogP contribution in [0, 0.1) is 0 Å². The van der Waals surface area contributed by atoms with E-state index in [2.05, 4.69) is 20.8 Å². The maximum absolute atomic E-state index is 6.12. The molecule has 0 aliphatic rings. The van der Waals surface area contributed by atoms with E-state index >= 15 is 0 Å². The lowest BCUT2D eigenvalue weighted by atomic mass is 10.2. The quantitative estimate of drug-likeness (QED) is 0.572. The normalized spacial score (nSPS) is 10.9. The Morgan fingerprint density at radius 2 is 2.18 bits per heavy atom. The van der Waals surface area contributed by atoms with Gasteiger partial charge in [0.1, 0.15) is 12.3 Å². The molecule has 2 N–H and O–H groups in total. The lowest BCUT2D eigenvalue weighted by Crippen LogP contribution is -2.82. The van der Waals surface area contributed by atoms with E-state index in [1.165, 1.54) is 0 Å². The molecule has 0 aliphatic carbocycles. The average molecular weight is 363 g/mol. The molecule has 0 saturated heterocycles. The number of hydrogen-bond acceptors (Lipinski definition) is 5. The fourth-order valence-corrected chi connectivity index (χ4v) is 3.41. The second-order valence-corrected chi connectivity index (χ2v) is 6.55. The monoisotopic (exact) mass is 362 g/mol. The summed E-state index contributed by atoms with van der Waals surface area (Å²) in [6, 6.07) is 3.58. The van der Waals surface area contributed by atoms with Crippen molar-refractivity contribution in [3.63, 3.8) is 0 Å².